The number of rotatable bonds is 4. The zero-order chi connectivity index (χ0) is 13.8. The fraction of sp³-hybridized carbons (Fsp3) is 0.417. The Morgan fingerprint density at radius 3 is 3.00 bits per heavy atom. The molecule has 0 saturated carbocycles. The van der Waals surface area contributed by atoms with E-state index < -0.39 is 16.6 Å². The number of hydrogen-bond donors (Lipinski definition) is 0. The average molecular weight is 286 g/mol. The van der Waals surface area contributed by atoms with Crippen molar-refractivity contribution < 1.29 is 19.2 Å². The third-order valence-electron chi connectivity index (χ3n) is 2.81. The first-order valence-electron chi connectivity index (χ1n) is 5.81. The van der Waals surface area contributed by atoms with Crippen molar-refractivity contribution in [2.75, 3.05) is 13.2 Å². The number of nitrogens with zero attached hydrogens (tertiary/aromatic N) is 1. The first-order valence-corrected chi connectivity index (χ1v) is 6.19. The number of esters is 1. The van der Waals surface area contributed by atoms with Crippen molar-refractivity contribution in [2.24, 2.45) is 0 Å². The summed E-state index contributed by atoms with van der Waals surface area (Å²) >= 11 is 5.72. The zero-order valence-electron chi connectivity index (χ0n) is 10.0. The van der Waals surface area contributed by atoms with Gasteiger partial charge in [0.25, 0.3) is 0 Å². The largest absolute Gasteiger partial charge is 0.459 e. The molecule has 1 atom stereocenters. The summed E-state index contributed by atoms with van der Waals surface area (Å²) < 4.78 is 10.3. The number of carbonyl (C=O) groups excluding carboxylic acids is 1. The van der Waals surface area contributed by atoms with E-state index >= 15 is 0 Å². The summed E-state index contributed by atoms with van der Waals surface area (Å²) in [6.45, 7) is 0.752. The summed E-state index contributed by atoms with van der Waals surface area (Å²) in [6.07, 6.45) is 1.63. The highest BCUT2D eigenvalue weighted by Gasteiger charge is 2.26. The molecule has 0 N–H and O–H groups in total. The molecule has 1 unspecified atom stereocenters. The molecule has 1 aliphatic heterocycles. The van der Waals surface area contributed by atoms with Gasteiger partial charge in [-0.15, -0.1) is 0 Å². The van der Waals surface area contributed by atoms with Crippen LogP contribution < -0.4 is 0 Å². The molecule has 0 aromatic heterocycles. The molecule has 1 heterocycles. The van der Waals surface area contributed by atoms with Crippen LogP contribution in [0, 0.1) is 10.1 Å². The van der Waals surface area contributed by atoms with Gasteiger partial charge in [0.05, 0.1) is 11.0 Å². The molecular formula is C12H12ClNO5. The Labute approximate surface area is 114 Å². The Morgan fingerprint density at radius 2 is 2.37 bits per heavy atom. The first-order chi connectivity index (χ1) is 9.09. The highest BCUT2D eigenvalue weighted by Crippen LogP contribution is 2.28. The van der Waals surface area contributed by atoms with Crippen LogP contribution in [0.1, 0.15) is 23.2 Å². The third-order valence-corrected chi connectivity index (χ3v) is 3.12. The van der Waals surface area contributed by atoms with Crippen LogP contribution >= 0.6 is 11.6 Å². The van der Waals surface area contributed by atoms with Crippen LogP contribution in [-0.2, 0) is 9.47 Å². The summed E-state index contributed by atoms with van der Waals surface area (Å²) in [4.78, 5) is 22.0. The van der Waals surface area contributed by atoms with Gasteiger partial charge in [0.1, 0.15) is 17.2 Å². The van der Waals surface area contributed by atoms with Crippen LogP contribution in [-0.4, -0.2) is 30.2 Å². The molecule has 1 aromatic carbocycles. The van der Waals surface area contributed by atoms with Crippen LogP contribution in [0.2, 0.25) is 5.02 Å². The van der Waals surface area contributed by atoms with Gasteiger partial charge < -0.3 is 9.47 Å². The van der Waals surface area contributed by atoms with Crippen LogP contribution in [0.5, 0.6) is 0 Å². The van der Waals surface area contributed by atoms with Crippen molar-refractivity contribution in [3.63, 3.8) is 0 Å². The first kappa shape index (κ1) is 13.8. The summed E-state index contributed by atoms with van der Waals surface area (Å²) in [5, 5.41) is 10.8. The Bertz CT molecular complexity index is 499. The molecule has 7 heteroatoms. The summed E-state index contributed by atoms with van der Waals surface area (Å²) in [5.74, 6) is -0.760. The molecule has 0 aliphatic carbocycles. The molecule has 1 aliphatic rings. The minimum atomic E-state index is -0.760. The predicted octanol–water partition coefficient (Wildman–Crippen LogP) is 2.58. The van der Waals surface area contributed by atoms with Gasteiger partial charge >= 0.3 is 11.7 Å². The fourth-order valence-corrected chi connectivity index (χ4v) is 2.13. The highest BCUT2D eigenvalue weighted by molar-refractivity contribution is 6.33. The summed E-state index contributed by atoms with van der Waals surface area (Å²) in [7, 11) is 0. The van der Waals surface area contributed by atoms with Gasteiger partial charge in [-0.2, -0.15) is 0 Å². The van der Waals surface area contributed by atoms with Crippen LogP contribution in [0.15, 0.2) is 18.2 Å². The zero-order valence-corrected chi connectivity index (χ0v) is 10.8. The Balaban J connectivity index is 2.10. The molecular weight excluding hydrogens is 274 g/mol. The number of nitro benzene ring substituents is 1. The molecule has 0 bridgehead atoms. The molecule has 19 heavy (non-hydrogen) atoms. The standard InChI is InChI=1S/C12H12ClNO5/c13-10-5-1-4-9(11(10)14(16)17)12(15)19-7-8-3-2-6-18-8/h1,4-5,8H,2-3,6-7H2. The van der Waals surface area contributed by atoms with E-state index in [1.54, 1.807) is 0 Å². The number of hydrogen-bond acceptors (Lipinski definition) is 5. The average Bonchev–Trinajstić information content (AvgIpc) is 2.88. The van der Waals surface area contributed by atoms with Crippen LogP contribution in [0.4, 0.5) is 5.69 Å². The molecule has 6 nitrogen and oxygen atoms in total. The Hall–Kier alpha value is -1.66. The molecule has 1 aromatic rings. The second-order valence-electron chi connectivity index (χ2n) is 4.13. The van der Waals surface area contributed by atoms with E-state index in [0.717, 1.165) is 12.8 Å². The van der Waals surface area contributed by atoms with Gasteiger partial charge in [0.15, 0.2) is 0 Å². The maximum atomic E-state index is 11.8. The smallest absolute Gasteiger partial charge is 0.345 e. The SMILES string of the molecule is O=C(OCC1CCCO1)c1cccc(Cl)c1[N+](=O)[O-]. The maximum absolute atomic E-state index is 11.8. The van der Waals surface area contributed by atoms with Gasteiger partial charge in [-0.05, 0) is 25.0 Å². The number of halogens is 1. The lowest BCUT2D eigenvalue weighted by atomic mass is 10.2. The third kappa shape index (κ3) is 3.21. The van der Waals surface area contributed by atoms with E-state index in [0.29, 0.717) is 6.61 Å². The number of carbonyl (C=O) groups is 1. The van der Waals surface area contributed by atoms with Crippen molar-refractivity contribution in [2.45, 2.75) is 18.9 Å². The van der Waals surface area contributed by atoms with E-state index in [1.807, 2.05) is 0 Å². The Morgan fingerprint density at radius 1 is 1.58 bits per heavy atom. The molecule has 1 fully saturated rings. The maximum Gasteiger partial charge on any atom is 0.345 e. The molecule has 1 saturated heterocycles. The van der Waals surface area contributed by atoms with Crippen molar-refractivity contribution in [3.05, 3.63) is 38.9 Å². The molecule has 102 valence electrons. The summed E-state index contributed by atoms with van der Waals surface area (Å²) in [6, 6.07) is 4.15. The Kier molecular flexibility index (Phi) is 4.34. The highest BCUT2D eigenvalue weighted by atomic mass is 35.5. The molecule has 0 amide bonds. The topological polar surface area (TPSA) is 78.7 Å². The monoisotopic (exact) mass is 285 g/mol. The second-order valence-corrected chi connectivity index (χ2v) is 4.53. The van der Waals surface area contributed by atoms with Crippen molar-refractivity contribution >= 4 is 23.3 Å². The van der Waals surface area contributed by atoms with Gasteiger partial charge in [0.2, 0.25) is 0 Å². The lowest BCUT2D eigenvalue weighted by Gasteiger charge is -2.10. The fourth-order valence-electron chi connectivity index (χ4n) is 1.89. The number of ether oxygens (including phenoxy) is 2. The second kappa shape index (κ2) is 5.99. The molecule has 0 spiro atoms. The van der Waals surface area contributed by atoms with E-state index in [-0.39, 0.29) is 23.3 Å². The lowest BCUT2D eigenvalue weighted by molar-refractivity contribution is -0.385. The van der Waals surface area contributed by atoms with Crippen LogP contribution in [0.25, 0.3) is 0 Å². The van der Waals surface area contributed by atoms with Crippen molar-refractivity contribution in [3.8, 4) is 0 Å². The number of para-hydroxylation sites is 1. The lowest BCUT2D eigenvalue weighted by Crippen LogP contribution is -2.18. The van der Waals surface area contributed by atoms with Crippen LogP contribution in [0.3, 0.4) is 0 Å². The van der Waals surface area contributed by atoms with Gasteiger partial charge in [-0.3, -0.25) is 10.1 Å². The quantitative estimate of drug-likeness (QED) is 0.482. The predicted molar refractivity (Wildman–Crippen MR) is 67.4 cm³/mol. The minimum absolute atomic E-state index is 0.0865. The van der Waals surface area contributed by atoms with E-state index in [9.17, 15) is 14.9 Å². The van der Waals surface area contributed by atoms with Crippen molar-refractivity contribution in [1.29, 1.82) is 0 Å². The van der Waals surface area contributed by atoms with Gasteiger partial charge in [-0.1, -0.05) is 17.7 Å². The molecule has 0 radical (unpaired) electrons. The van der Waals surface area contributed by atoms with Gasteiger partial charge in [0, 0.05) is 6.61 Å². The van der Waals surface area contributed by atoms with Gasteiger partial charge in [-0.25, -0.2) is 4.79 Å². The minimum Gasteiger partial charge on any atom is -0.459 e. The molecule has 2 rings (SSSR count). The van der Waals surface area contributed by atoms with E-state index in [2.05, 4.69) is 0 Å². The summed E-state index contributed by atoms with van der Waals surface area (Å²) in [5.41, 5.74) is -0.572. The number of nitro groups is 1. The normalized spacial score (nSPS) is 18.3. The van der Waals surface area contributed by atoms with E-state index in [1.165, 1.54) is 18.2 Å². The number of benzene rings is 1. The van der Waals surface area contributed by atoms with Crippen molar-refractivity contribution in [1.82, 2.24) is 0 Å². The van der Waals surface area contributed by atoms with E-state index in [4.69, 9.17) is 21.1 Å².